The van der Waals surface area contributed by atoms with E-state index in [9.17, 15) is 23.1 Å². The molecule has 0 amide bonds. The molecule has 1 heterocycles. The van der Waals surface area contributed by atoms with Crippen LogP contribution < -0.4 is 10.2 Å². The molecule has 222 valence electrons. The highest BCUT2D eigenvalue weighted by Crippen LogP contribution is 2.40. The second-order valence-corrected chi connectivity index (χ2v) is 11.5. The standard InChI is InChI=1S/C35H32F3NO4/c1-34(2,3)25-14-16-26(17-15-25)42-32-30(41)27-18-19-29(40)28(31(27)43-33(32)35(36,37)38)22-39(20-23-10-6-4-7-11-23)21-24-12-8-5-9-13-24/h4-19,40H,20-22H2,1-3H3. The Morgan fingerprint density at radius 3 is 1.84 bits per heavy atom. The molecule has 0 spiro atoms. The summed E-state index contributed by atoms with van der Waals surface area (Å²) in [4.78, 5) is 15.5. The molecule has 5 rings (SSSR count). The van der Waals surface area contributed by atoms with Gasteiger partial charge >= 0.3 is 6.18 Å². The fraction of sp³-hybridized carbons (Fsp3) is 0.229. The summed E-state index contributed by atoms with van der Waals surface area (Å²) in [7, 11) is 0. The first-order chi connectivity index (χ1) is 20.4. The topological polar surface area (TPSA) is 62.9 Å². The maximum Gasteiger partial charge on any atom is 0.453 e. The predicted octanol–water partition coefficient (Wildman–Crippen LogP) is 8.81. The molecule has 5 nitrogen and oxygen atoms in total. The van der Waals surface area contributed by atoms with Gasteiger partial charge in [-0.3, -0.25) is 9.69 Å². The third kappa shape index (κ3) is 6.92. The molecule has 8 heteroatoms. The Bertz CT molecular complexity index is 1720. The summed E-state index contributed by atoms with van der Waals surface area (Å²) >= 11 is 0. The number of nitrogens with zero attached hydrogens (tertiary/aromatic N) is 1. The van der Waals surface area contributed by atoms with Crippen LogP contribution in [0.4, 0.5) is 13.2 Å². The molecule has 0 aliphatic carbocycles. The van der Waals surface area contributed by atoms with Crippen molar-refractivity contribution in [1.82, 2.24) is 4.90 Å². The summed E-state index contributed by atoms with van der Waals surface area (Å²) in [5.74, 6) is -2.72. The molecule has 0 unspecified atom stereocenters. The number of phenolic OH excluding ortho intramolecular Hbond substituents is 1. The van der Waals surface area contributed by atoms with Gasteiger partial charge in [-0.15, -0.1) is 0 Å². The molecule has 43 heavy (non-hydrogen) atoms. The van der Waals surface area contributed by atoms with Crippen LogP contribution in [0.15, 0.2) is 106 Å². The minimum absolute atomic E-state index is 0.0155. The number of ether oxygens (including phenoxy) is 1. The summed E-state index contributed by atoms with van der Waals surface area (Å²) < 4.78 is 54.1. The summed E-state index contributed by atoms with van der Waals surface area (Å²) in [5, 5.41) is 10.7. The Kier molecular flexibility index (Phi) is 8.33. The minimum Gasteiger partial charge on any atom is -0.507 e. The Balaban J connectivity index is 1.59. The Morgan fingerprint density at radius 2 is 1.33 bits per heavy atom. The molecule has 0 bridgehead atoms. The number of halogens is 3. The molecule has 1 aromatic heterocycles. The van der Waals surface area contributed by atoms with Gasteiger partial charge in [0.2, 0.25) is 11.2 Å². The van der Waals surface area contributed by atoms with Crippen LogP contribution in [-0.2, 0) is 31.2 Å². The third-order valence-corrected chi connectivity index (χ3v) is 7.17. The van der Waals surface area contributed by atoms with Crippen LogP contribution in [0.5, 0.6) is 17.2 Å². The lowest BCUT2D eigenvalue weighted by atomic mass is 9.87. The van der Waals surface area contributed by atoms with Crippen molar-refractivity contribution < 1.29 is 27.4 Å². The average Bonchev–Trinajstić information content (AvgIpc) is 2.96. The van der Waals surface area contributed by atoms with Gasteiger partial charge in [0.25, 0.3) is 5.76 Å². The molecular formula is C35H32F3NO4. The van der Waals surface area contributed by atoms with E-state index in [1.54, 1.807) is 12.1 Å². The predicted molar refractivity (Wildman–Crippen MR) is 160 cm³/mol. The quantitative estimate of drug-likeness (QED) is 0.197. The summed E-state index contributed by atoms with van der Waals surface area (Å²) in [6.45, 7) is 6.92. The molecular weight excluding hydrogens is 555 g/mol. The van der Waals surface area contributed by atoms with Crippen LogP contribution in [0.25, 0.3) is 11.0 Å². The van der Waals surface area contributed by atoms with Crippen LogP contribution in [0, 0.1) is 0 Å². The second kappa shape index (κ2) is 12.0. The van der Waals surface area contributed by atoms with Crippen molar-refractivity contribution in [2.24, 2.45) is 0 Å². The zero-order valence-corrected chi connectivity index (χ0v) is 24.1. The largest absolute Gasteiger partial charge is 0.507 e. The van der Waals surface area contributed by atoms with Crippen molar-refractivity contribution >= 4 is 11.0 Å². The normalized spacial score (nSPS) is 12.2. The van der Waals surface area contributed by atoms with Gasteiger partial charge < -0.3 is 14.3 Å². The monoisotopic (exact) mass is 587 g/mol. The van der Waals surface area contributed by atoms with Gasteiger partial charge in [-0.25, -0.2) is 0 Å². The van der Waals surface area contributed by atoms with E-state index >= 15 is 0 Å². The summed E-state index contributed by atoms with van der Waals surface area (Å²) in [6.07, 6.45) is -5.04. The molecule has 5 aromatic rings. The highest BCUT2D eigenvalue weighted by Gasteiger charge is 2.41. The average molecular weight is 588 g/mol. The van der Waals surface area contributed by atoms with Crippen LogP contribution in [0.2, 0.25) is 0 Å². The Hall–Kier alpha value is -4.56. The third-order valence-electron chi connectivity index (χ3n) is 7.17. The number of phenols is 1. The molecule has 0 aliphatic heterocycles. The zero-order valence-electron chi connectivity index (χ0n) is 24.1. The second-order valence-electron chi connectivity index (χ2n) is 11.5. The molecule has 0 atom stereocenters. The number of hydrogen-bond donors (Lipinski definition) is 1. The minimum atomic E-state index is -5.04. The van der Waals surface area contributed by atoms with Gasteiger partial charge in [0.05, 0.1) is 10.9 Å². The van der Waals surface area contributed by atoms with E-state index in [4.69, 9.17) is 9.15 Å². The maximum atomic E-state index is 14.4. The van der Waals surface area contributed by atoms with E-state index in [1.807, 2.05) is 86.3 Å². The summed E-state index contributed by atoms with van der Waals surface area (Å²) in [6, 6.07) is 28.3. The van der Waals surface area contributed by atoms with Gasteiger partial charge in [0.1, 0.15) is 17.1 Å². The lowest BCUT2D eigenvalue weighted by Gasteiger charge is -2.24. The number of benzene rings is 4. The number of fused-ring (bicyclic) bond motifs is 1. The van der Waals surface area contributed by atoms with E-state index in [0.717, 1.165) is 16.7 Å². The lowest BCUT2D eigenvalue weighted by molar-refractivity contribution is -0.154. The molecule has 0 radical (unpaired) electrons. The number of rotatable bonds is 8. The molecule has 0 saturated carbocycles. The van der Waals surface area contributed by atoms with Crippen molar-refractivity contribution in [2.45, 2.75) is 52.0 Å². The van der Waals surface area contributed by atoms with Crippen LogP contribution in [0.3, 0.4) is 0 Å². The van der Waals surface area contributed by atoms with E-state index in [0.29, 0.717) is 13.1 Å². The molecule has 0 fully saturated rings. The zero-order chi connectivity index (χ0) is 30.8. The maximum absolute atomic E-state index is 14.4. The number of aromatic hydroxyl groups is 1. The van der Waals surface area contributed by atoms with Gasteiger partial charge in [0.15, 0.2) is 0 Å². The Labute approximate surface area is 247 Å². The first-order valence-corrected chi connectivity index (χ1v) is 13.9. The van der Waals surface area contributed by atoms with Gasteiger partial charge in [0, 0.05) is 19.6 Å². The van der Waals surface area contributed by atoms with E-state index < -0.39 is 23.1 Å². The first kappa shape index (κ1) is 29.9. The number of hydrogen-bond acceptors (Lipinski definition) is 5. The van der Waals surface area contributed by atoms with E-state index in [-0.39, 0.29) is 40.0 Å². The lowest BCUT2D eigenvalue weighted by Crippen LogP contribution is -2.23. The fourth-order valence-corrected chi connectivity index (χ4v) is 4.93. The van der Waals surface area contributed by atoms with Crippen molar-refractivity contribution in [2.75, 3.05) is 0 Å². The van der Waals surface area contributed by atoms with Crippen molar-refractivity contribution in [3.63, 3.8) is 0 Å². The SMILES string of the molecule is CC(C)(C)c1ccc(Oc2c(C(F)(F)F)oc3c(CN(Cc4ccccc4)Cc4ccccc4)c(O)ccc3c2=O)cc1. The van der Waals surface area contributed by atoms with Gasteiger partial charge in [-0.05, 0) is 46.4 Å². The van der Waals surface area contributed by atoms with Crippen LogP contribution in [0.1, 0.15) is 48.8 Å². The highest BCUT2D eigenvalue weighted by atomic mass is 19.4. The first-order valence-electron chi connectivity index (χ1n) is 13.9. The van der Waals surface area contributed by atoms with Crippen molar-refractivity contribution in [3.8, 4) is 17.2 Å². The fourth-order valence-electron chi connectivity index (χ4n) is 4.93. The van der Waals surface area contributed by atoms with Crippen LogP contribution in [-0.4, -0.2) is 10.0 Å². The summed E-state index contributed by atoms with van der Waals surface area (Å²) in [5.41, 5.74) is 1.49. The van der Waals surface area contributed by atoms with Gasteiger partial charge in [-0.2, -0.15) is 13.2 Å². The number of alkyl halides is 3. The molecule has 1 N–H and O–H groups in total. The smallest absolute Gasteiger partial charge is 0.453 e. The Morgan fingerprint density at radius 1 is 0.767 bits per heavy atom. The molecule has 0 aliphatic rings. The van der Waals surface area contributed by atoms with Crippen molar-refractivity contribution in [3.05, 3.63) is 135 Å². The van der Waals surface area contributed by atoms with E-state index in [2.05, 4.69) is 0 Å². The van der Waals surface area contributed by atoms with Crippen LogP contribution >= 0.6 is 0 Å². The van der Waals surface area contributed by atoms with E-state index in [1.165, 1.54) is 24.3 Å². The highest BCUT2D eigenvalue weighted by molar-refractivity contribution is 5.83. The molecule has 4 aromatic carbocycles. The molecule has 0 saturated heterocycles. The van der Waals surface area contributed by atoms with Gasteiger partial charge in [-0.1, -0.05) is 93.6 Å². The van der Waals surface area contributed by atoms with Crippen molar-refractivity contribution in [1.29, 1.82) is 0 Å².